The minimum absolute atomic E-state index is 0.0584. The molecule has 1 atom stereocenters. The van der Waals surface area contributed by atoms with Gasteiger partial charge in [0.2, 0.25) is 0 Å². The number of nitrogens with zero attached hydrogens (tertiary/aromatic N) is 2. The molecular weight excluding hydrogens is 628 g/mol. The van der Waals surface area contributed by atoms with Crippen LogP contribution in [0.3, 0.4) is 0 Å². The summed E-state index contributed by atoms with van der Waals surface area (Å²) in [6.07, 6.45) is 6.68. The fraction of sp³-hybridized carbons (Fsp3) is 0.929. The molecule has 0 spiro atoms. The molecule has 0 aromatic carbocycles. The lowest BCUT2D eigenvalue weighted by Gasteiger charge is -2.34. The molecule has 8 nitrogen and oxygen atoms in total. The number of esters is 3. The van der Waals surface area contributed by atoms with Gasteiger partial charge < -0.3 is 24.0 Å². The standard InChI is InChI=1S/C42H82N2O6/c1-17-39(9,10)30-41(13,14)32-49-35(46)21-26-44(27-22-36(47)50-33-42(15,18-2)29-38(6,7)8)24-19-23-43(16)25-20-34(45)48-31-40(11,12)28-37(3,4)5/h17-33H2,1-16H3. The predicted molar refractivity (Wildman–Crippen MR) is 208 cm³/mol. The van der Waals surface area contributed by atoms with E-state index in [1.807, 2.05) is 7.05 Å². The second-order valence-electron chi connectivity index (χ2n) is 20.4. The first-order chi connectivity index (χ1) is 22.6. The highest BCUT2D eigenvalue weighted by Crippen LogP contribution is 2.37. The molecule has 0 aromatic heterocycles. The third kappa shape index (κ3) is 25.3. The minimum Gasteiger partial charge on any atom is -0.465 e. The molecule has 50 heavy (non-hydrogen) atoms. The van der Waals surface area contributed by atoms with Gasteiger partial charge in [-0.25, -0.2) is 0 Å². The average molecular weight is 711 g/mol. The van der Waals surface area contributed by atoms with Crippen LogP contribution >= 0.6 is 0 Å². The normalized spacial score (nSPS) is 14.5. The first kappa shape index (κ1) is 48.3. The van der Waals surface area contributed by atoms with Crippen LogP contribution in [-0.2, 0) is 28.6 Å². The van der Waals surface area contributed by atoms with Crippen molar-refractivity contribution in [3.05, 3.63) is 0 Å². The van der Waals surface area contributed by atoms with Crippen LogP contribution in [-0.4, -0.2) is 87.3 Å². The number of hydrogen-bond acceptors (Lipinski definition) is 8. The van der Waals surface area contributed by atoms with E-state index in [4.69, 9.17) is 14.2 Å². The molecule has 0 aliphatic rings. The maximum atomic E-state index is 12.9. The summed E-state index contributed by atoms with van der Waals surface area (Å²) < 4.78 is 17.2. The van der Waals surface area contributed by atoms with E-state index in [0.717, 1.165) is 51.6 Å². The summed E-state index contributed by atoms with van der Waals surface area (Å²) in [5.41, 5.74) is 0.303. The number of rotatable bonds is 25. The fourth-order valence-electron chi connectivity index (χ4n) is 7.33. The summed E-state index contributed by atoms with van der Waals surface area (Å²) in [4.78, 5) is 42.5. The number of hydrogen-bond donors (Lipinski definition) is 0. The predicted octanol–water partition coefficient (Wildman–Crippen LogP) is 9.58. The van der Waals surface area contributed by atoms with E-state index in [9.17, 15) is 14.4 Å². The Morgan fingerprint density at radius 2 is 0.900 bits per heavy atom. The number of carbonyl (C=O) groups excluding carboxylic acids is 3. The maximum absolute atomic E-state index is 12.9. The van der Waals surface area contributed by atoms with E-state index in [1.54, 1.807) is 0 Å². The molecule has 1 unspecified atom stereocenters. The zero-order valence-electron chi connectivity index (χ0n) is 35.9. The van der Waals surface area contributed by atoms with E-state index in [-0.39, 0.29) is 63.2 Å². The van der Waals surface area contributed by atoms with E-state index in [1.165, 1.54) is 0 Å². The van der Waals surface area contributed by atoms with Crippen molar-refractivity contribution in [1.29, 1.82) is 0 Å². The Balaban J connectivity index is 5.11. The summed E-state index contributed by atoms with van der Waals surface area (Å²) in [6, 6.07) is 0. The molecule has 0 bridgehead atoms. The quantitative estimate of drug-likeness (QED) is 0.0684. The lowest BCUT2D eigenvalue weighted by atomic mass is 9.74. The zero-order valence-corrected chi connectivity index (χ0v) is 35.9. The molecule has 0 rings (SSSR count). The summed E-state index contributed by atoms with van der Waals surface area (Å²) >= 11 is 0. The van der Waals surface area contributed by atoms with E-state index in [2.05, 4.69) is 114 Å². The summed E-state index contributed by atoms with van der Waals surface area (Å²) in [7, 11) is 2.01. The van der Waals surface area contributed by atoms with Gasteiger partial charge in [-0.2, -0.15) is 0 Å². The Hall–Kier alpha value is -1.67. The molecule has 0 fully saturated rings. The van der Waals surface area contributed by atoms with Crippen LogP contribution in [0.2, 0.25) is 0 Å². The van der Waals surface area contributed by atoms with Crippen molar-refractivity contribution in [3.8, 4) is 0 Å². The Bertz CT molecular complexity index is 1010. The Labute approximate surface area is 309 Å². The second kappa shape index (κ2) is 21.1. The highest BCUT2D eigenvalue weighted by atomic mass is 16.5. The van der Waals surface area contributed by atoms with E-state index >= 15 is 0 Å². The van der Waals surface area contributed by atoms with Crippen molar-refractivity contribution in [1.82, 2.24) is 9.80 Å². The fourth-order valence-corrected chi connectivity index (χ4v) is 7.33. The van der Waals surface area contributed by atoms with Gasteiger partial charge >= 0.3 is 17.9 Å². The van der Waals surface area contributed by atoms with Crippen LogP contribution in [0, 0.1) is 32.5 Å². The molecule has 0 heterocycles. The molecule has 0 saturated heterocycles. The van der Waals surface area contributed by atoms with Gasteiger partial charge in [-0.05, 0) is 79.3 Å². The lowest BCUT2D eigenvalue weighted by Crippen LogP contribution is -2.34. The number of carbonyl (C=O) groups is 3. The van der Waals surface area contributed by atoms with Crippen molar-refractivity contribution < 1.29 is 28.6 Å². The Morgan fingerprint density at radius 1 is 0.480 bits per heavy atom. The van der Waals surface area contributed by atoms with Crippen molar-refractivity contribution in [2.24, 2.45) is 32.5 Å². The maximum Gasteiger partial charge on any atom is 0.307 e. The Kier molecular flexibility index (Phi) is 20.4. The molecule has 296 valence electrons. The zero-order chi connectivity index (χ0) is 39.0. The van der Waals surface area contributed by atoms with Gasteiger partial charge in [0, 0.05) is 25.0 Å². The second-order valence-corrected chi connectivity index (χ2v) is 20.4. The summed E-state index contributed by atoms with van der Waals surface area (Å²) in [6.45, 7) is 37.3. The van der Waals surface area contributed by atoms with Crippen molar-refractivity contribution in [3.63, 3.8) is 0 Å². The molecule has 0 radical (unpaired) electrons. The molecule has 0 N–H and O–H groups in total. The third-order valence-corrected chi connectivity index (χ3v) is 9.54. The molecule has 0 saturated carbocycles. The monoisotopic (exact) mass is 711 g/mol. The van der Waals surface area contributed by atoms with Crippen LogP contribution < -0.4 is 0 Å². The van der Waals surface area contributed by atoms with Crippen molar-refractivity contribution in [2.75, 3.05) is 59.6 Å². The van der Waals surface area contributed by atoms with Gasteiger partial charge in [-0.15, -0.1) is 0 Å². The van der Waals surface area contributed by atoms with Crippen LogP contribution in [0.4, 0.5) is 0 Å². The third-order valence-electron chi connectivity index (χ3n) is 9.54. The lowest BCUT2D eigenvalue weighted by molar-refractivity contribution is -0.149. The topological polar surface area (TPSA) is 85.4 Å². The van der Waals surface area contributed by atoms with Crippen LogP contribution in [0.15, 0.2) is 0 Å². The largest absolute Gasteiger partial charge is 0.465 e. The molecular formula is C42H82N2O6. The molecule has 0 amide bonds. The van der Waals surface area contributed by atoms with Gasteiger partial charge in [-0.1, -0.05) is 110 Å². The SMILES string of the molecule is CCC(C)(C)CC(C)(C)COC(=O)CCN(CCCN(C)CCC(=O)OCC(C)(C)CC(C)(C)C)CCC(=O)OCC(C)(CC)CC(C)(C)C. The summed E-state index contributed by atoms with van der Waals surface area (Å²) in [5.74, 6) is -0.574. The first-order valence-corrected chi connectivity index (χ1v) is 19.5. The van der Waals surface area contributed by atoms with Crippen molar-refractivity contribution >= 4 is 17.9 Å². The smallest absolute Gasteiger partial charge is 0.307 e. The van der Waals surface area contributed by atoms with E-state index in [0.29, 0.717) is 45.9 Å². The highest BCUT2D eigenvalue weighted by molar-refractivity contribution is 5.70. The van der Waals surface area contributed by atoms with Gasteiger partial charge in [-0.3, -0.25) is 14.4 Å². The van der Waals surface area contributed by atoms with Crippen molar-refractivity contribution in [2.45, 2.75) is 162 Å². The van der Waals surface area contributed by atoms with Gasteiger partial charge in [0.1, 0.15) is 0 Å². The minimum atomic E-state index is -0.206. The number of ether oxygens (including phenoxy) is 3. The first-order valence-electron chi connectivity index (χ1n) is 19.5. The summed E-state index contributed by atoms with van der Waals surface area (Å²) in [5, 5.41) is 0. The Morgan fingerprint density at radius 3 is 1.32 bits per heavy atom. The average Bonchev–Trinajstić information content (AvgIpc) is 2.95. The molecule has 8 heteroatoms. The van der Waals surface area contributed by atoms with Crippen LogP contribution in [0.25, 0.3) is 0 Å². The van der Waals surface area contributed by atoms with E-state index < -0.39 is 0 Å². The molecule has 0 aromatic rings. The van der Waals surface area contributed by atoms with Crippen LogP contribution in [0.5, 0.6) is 0 Å². The van der Waals surface area contributed by atoms with Gasteiger partial charge in [0.25, 0.3) is 0 Å². The molecule has 0 aliphatic heterocycles. The van der Waals surface area contributed by atoms with Gasteiger partial charge in [0.05, 0.1) is 39.1 Å². The molecule has 0 aliphatic carbocycles. The van der Waals surface area contributed by atoms with Gasteiger partial charge in [0.15, 0.2) is 0 Å². The highest BCUT2D eigenvalue weighted by Gasteiger charge is 2.31. The van der Waals surface area contributed by atoms with Crippen LogP contribution in [0.1, 0.15) is 162 Å².